The molecule has 0 saturated heterocycles. The smallest absolute Gasteiger partial charge is 0.0689 e. The van der Waals surface area contributed by atoms with Gasteiger partial charge in [0.25, 0.3) is 0 Å². The van der Waals surface area contributed by atoms with Crippen molar-refractivity contribution in [2.45, 2.75) is 72.5 Å². The Balaban J connectivity index is 2.23. The van der Waals surface area contributed by atoms with Crippen LogP contribution in [0.4, 0.5) is 0 Å². The third-order valence-corrected chi connectivity index (χ3v) is 4.61. The molecule has 2 aliphatic carbocycles. The average Bonchev–Trinajstić information content (AvgIpc) is 2.48. The molecule has 0 heterocycles. The zero-order chi connectivity index (χ0) is 11.5. The Kier molecular flexibility index (Phi) is 2.29. The van der Waals surface area contributed by atoms with Gasteiger partial charge in [-0.25, -0.2) is 0 Å². The van der Waals surface area contributed by atoms with E-state index in [1.807, 2.05) is 0 Å². The molecule has 0 amide bonds. The van der Waals surface area contributed by atoms with E-state index in [0.717, 1.165) is 5.92 Å². The molecule has 0 aromatic carbocycles. The van der Waals surface area contributed by atoms with Gasteiger partial charge in [0.15, 0.2) is 0 Å². The summed E-state index contributed by atoms with van der Waals surface area (Å²) in [5.74, 6) is 0.884. The Morgan fingerprint density at radius 3 is 2.13 bits per heavy atom. The molecule has 1 nitrogen and oxygen atoms in total. The minimum atomic E-state index is -0.00454. The molecule has 2 bridgehead atoms. The van der Waals surface area contributed by atoms with Gasteiger partial charge in [0, 0.05) is 0 Å². The summed E-state index contributed by atoms with van der Waals surface area (Å²) in [4.78, 5) is 0. The quantitative estimate of drug-likeness (QED) is 0.635. The summed E-state index contributed by atoms with van der Waals surface area (Å²) in [5.41, 5.74) is 0.817. The lowest BCUT2D eigenvalue weighted by molar-refractivity contribution is -0.153. The van der Waals surface area contributed by atoms with Gasteiger partial charge in [-0.3, -0.25) is 0 Å². The zero-order valence-electron chi connectivity index (χ0n) is 11.2. The Morgan fingerprint density at radius 1 is 1.13 bits per heavy atom. The second-order valence-corrected chi connectivity index (χ2v) is 7.53. The first kappa shape index (κ1) is 11.4. The predicted molar refractivity (Wildman–Crippen MR) is 63.9 cm³/mol. The van der Waals surface area contributed by atoms with E-state index < -0.39 is 0 Å². The van der Waals surface area contributed by atoms with Crippen molar-refractivity contribution >= 4 is 0 Å². The summed E-state index contributed by atoms with van der Waals surface area (Å²) in [6, 6.07) is 0. The van der Waals surface area contributed by atoms with Crippen molar-refractivity contribution in [2.75, 3.05) is 0 Å². The molecule has 1 heteroatoms. The third-order valence-electron chi connectivity index (χ3n) is 4.61. The van der Waals surface area contributed by atoms with Crippen LogP contribution in [0, 0.1) is 16.7 Å². The first-order chi connectivity index (χ1) is 6.65. The van der Waals surface area contributed by atoms with Gasteiger partial charge in [0.1, 0.15) is 0 Å². The van der Waals surface area contributed by atoms with E-state index in [0.29, 0.717) is 16.9 Å². The number of fused-ring (bicyclic) bond motifs is 2. The van der Waals surface area contributed by atoms with Crippen LogP contribution in [0.1, 0.15) is 60.8 Å². The minimum absolute atomic E-state index is 0.00454. The summed E-state index contributed by atoms with van der Waals surface area (Å²) >= 11 is 0. The monoisotopic (exact) mass is 210 g/mol. The maximum atomic E-state index is 6.35. The molecule has 3 atom stereocenters. The molecule has 15 heavy (non-hydrogen) atoms. The van der Waals surface area contributed by atoms with Crippen molar-refractivity contribution in [1.82, 2.24) is 0 Å². The zero-order valence-corrected chi connectivity index (χ0v) is 11.2. The van der Waals surface area contributed by atoms with Gasteiger partial charge in [-0.15, -0.1) is 0 Å². The predicted octanol–water partition coefficient (Wildman–Crippen LogP) is 4.02. The van der Waals surface area contributed by atoms with Crippen molar-refractivity contribution in [3.8, 4) is 0 Å². The molecule has 2 aliphatic rings. The molecule has 2 fully saturated rings. The highest BCUT2D eigenvalue weighted by Gasteiger charge is 2.60. The number of hydrogen-bond donors (Lipinski definition) is 0. The topological polar surface area (TPSA) is 9.23 Å². The molecule has 88 valence electrons. The van der Waals surface area contributed by atoms with Crippen molar-refractivity contribution in [3.63, 3.8) is 0 Å². The first-order valence-electron chi connectivity index (χ1n) is 6.33. The molecule has 2 rings (SSSR count). The van der Waals surface area contributed by atoms with Crippen LogP contribution in [-0.2, 0) is 4.74 Å². The number of rotatable bonds is 1. The second-order valence-electron chi connectivity index (χ2n) is 7.53. The maximum Gasteiger partial charge on any atom is 0.0689 e. The molecule has 0 spiro atoms. The van der Waals surface area contributed by atoms with Gasteiger partial charge in [0.05, 0.1) is 11.7 Å². The molecule has 0 aromatic rings. The van der Waals surface area contributed by atoms with Gasteiger partial charge >= 0.3 is 0 Å². The highest BCUT2D eigenvalue weighted by molar-refractivity contribution is 5.10. The molecule has 0 radical (unpaired) electrons. The first-order valence-corrected chi connectivity index (χ1v) is 6.33. The van der Waals surface area contributed by atoms with Crippen LogP contribution in [-0.4, -0.2) is 11.7 Å². The number of hydrogen-bond acceptors (Lipinski definition) is 1. The summed E-state index contributed by atoms with van der Waals surface area (Å²) in [5, 5.41) is 0. The van der Waals surface area contributed by atoms with E-state index in [9.17, 15) is 0 Å². The minimum Gasteiger partial charge on any atom is -0.372 e. The summed E-state index contributed by atoms with van der Waals surface area (Å²) < 4.78 is 6.35. The third kappa shape index (κ3) is 1.73. The molecule has 0 N–H and O–H groups in total. The van der Waals surface area contributed by atoms with E-state index in [4.69, 9.17) is 4.74 Å². The maximum absolute atomic E-state index is 6.35. The van der Waals surface area contributed by atoms with Gasteiger partial charge < -0.3 is 4.74 Å². The fourth-order valence-corrected chi connectivity index (χ4v) is 3.90. The van der Waals surface area contributed by atoms with Crippen LogP contribution < -0.4 is 0 Å². The van der Waals surface area contributed by atoms with Crippen LogP contribution in [0.3, 0.4) is 0 Å². The van der Waals surface area contributed by atoms with Crippen molar-refractivity contribution in [2.24, 2.45) is 16.7 Å². The van der Waals surface area contributed by atoms with Crippen LogP contribution in [0.25, 0.3) is 0 Å². The molecular weight excluding hydrogens is 184 g/mol. The standard InChI is InChI=1S/C14H26O/c1-12(2,3)15-11-13(4,5)10-7-8-14(11,6)9-10/h10-11H,7-9H2,1-6H3. The van der Waals surface area contributed by atoms with E-state index in [1.165, 1.54) is 19.3 Å². The van der Waals surface area contributed by atoms with E-state index in [2.05, 4.69) is 41.5 Å². The molecule has 2 saturated carbocycles. The van der Waals surface area contributed by atoms with Crippen LogP contribution in [0.2, 0.25) is 0 Å². The van der Waals surface area contributed by atoms with E-state index in [-0.39, 0.29) is 5.60 Å². The average molecular weight is 210 g/mol. The highest BCUT2D eigenvalue weighted by Crippen LogP contribution is 2.64. The van der Waals surface area contributed by atoms with Gasteiger partial charge in [-0.05, 0) is 56.8 Å². The summed E-state index contributed by atoms with van der Waals surface area (Å²) in [7, 11) is 0. The molecule has 0 aromatic heterocycles. The molecule has 3 unspecified atom stereocenters. The van der Waals surface area contributed by atoms with Gasteiger partial charge in [-0.1, -0.05) is 20.8 Å². The van der Waals surface area contributed by atoms with Crippen LogP contribution in [0.15, 0.2) is 0 Å². The lowest BCUT2D eigenvalue weighted by Gasteiger charge is -2.45. The Morgan fingerprint density at radius 2 is 1.73 bits per heavy atom. The lowest BCUT2D eigenvalue weighted by atomic mass is 9.70. The normalized spacial score (nSPS) is 43.6. The van der Waals surface area contributed by atoms with Gasteiger partial charge in [0.2, 0.25) is 0 Å². The van der Waals surface area contributed by atoms with E-state index >= 15 is 0 Å². The molecular formula is C14H26O. The Bertz CT molecular complexity index is 256. The number of ether oxygens (including phenoxy) is 1. The molecule has 0 aliphatic heterocycles. The van der Waals surface area contributed by atoms with Crippen molar-refractivity contribution in [3.05, 3.63) is 0 Å². The Labute approximate surface area is 94.6 Å². The largest absolute Gasteiger partial charge is 0.372 e. The lowest BCUT2D eigenvalue weighted by Crippen LogP contribution is -2.46. The van der Waals surface area contributed by atoms with Gasteiger partial charge in [-0.2, -0.15) is 0 Å². The van der Waals surface area contributed by atoms with Crippen LogP contribution >= 0.6 is 0 Å². The fourth-order valence-electron chi connectivity index (χ4n) is 3.90. The van der Waals surface area contributed by atoms with E-state index in [1.54, 1.807) is 0 Å². The Hall–Kier alpha value is -0.0400. The van der Waals surface area contributed by atoms with Crippen LogP contribution in [0.5, 0.6) is 0 Å². The van der Waals surface area contributed by atoms with Crippen molar-refractivity contribution < 1.29 is 4.74 Å². The second kappa shape index (κ2) is 3.00. The van der Waals surface area contributed by atoms with Crippen molar-refractivity contribution in [1.29, 1.82) is 0 Å². The summed E-state index contributed by atoms with van der Waals surface area (Å²) in [6.45, 7) is 13.8. The summed E-state index contributed by atoms with van der Waals surface area (Å²) in [6.07, 6.45) is 4.60. The fraction of sp³-hybridized carbons (Fsp3) is 1.00. The highest BCUT2D eigenvalue weighted by atomic mass is 16.5. The SMILES string of the molecule is CC(C)(C)OC1C2(C)CCC(C2)C1(C)C.